The minimum absolute atomic E-state index is 0.545. The molecule has 0 aliphatic carbocycles. The zero-order valence-corrected chi connectivity index (χ0v) is 22.5. The van der Waals surface area contributed by atoms with Gasteiger partial charge in [-0.1, -0.05) is 26.0 Å². The third kappa shape index (κ3) is 20.7. The molecule has 1 aromatic rings. The van der Waals surface area contributed by atoms with Crippen molar-refractivity contribution in [2.75, 3.05) is 86.4 Å². The van der Waals surface area contributed by atoms with E-state index in [0.717, 1.165) is 110 Å². The summed E-state index contributed by atoms with van der Waals surface area (Å²) in [6, 6.07) is 8.34. The molecule has 0 aromatic heterocycles. The normalized spacial score (nSPS) is 11.4. The maximum atomic E-state index is 5.76. The zero-order chi connectivity index (χ0) is 25.2. The Morgan fingerprint density at radius 1 is 0.486 bits per heavy atom. The number of methoxy groups -OCH3 is 1. The van der Waals surface area contributed by atoms with Gasteiger partial charge in [0.05, 0.1) is 6.61 Å². The third-order valence-corrected chi connectivity index (χ3v) is 5.20. The topological polar surface area (TPSA) is 64.6 Å². The van der Waals surface area contributed by atoms with E-state index in [0.29, 0.717) is 19.1 Å². The van der Waals surface area contributed by atoms with Gasteiger partial charge in [0.25, 0.3) is 0 Å². The van der Waals surface area contributed by atoms with Crippen molar-refractivity contribution < 1.29 is 33.2 Å². The van der Waals surface area contributed by atoms with Crippen LogP contribution in [0.25, 0.3) is 0 Å². The Morgan fingerprint density at radius 3 is 1.17 bits per heavy atom. The van der Waals surface area contributed by atoms with Crippen molar-refractivity contribution in [1.29, 1.82) is 0 Å². The molecule has 1 rings (SSSR count). The minimum Gasteiger partial charge on any atom is -0.494 e. The van der Waals surface area contributed by atoms with E-state index in [1.165, 1.54) is 5.56 Å². The molecule has 0 saturated heterocycles. The Balaban J connectivity index is 1.70. The molecular formula is C28H50O7. The SMILES string of the molecule is COCCCOCCCOCCCOCCCOCCCOCCCOc1ccc(C(C)C)cc1. The fraction of sp³-hybridized carbons (Fsp3) is 0.786. The van der Waals surface area contributed by atoms with E-state index in [1.54, 1.807) is 7.11 Å². The Bertz CT molecular complexity index is 551. The molecule has 0 aliphatic heterocycles. The molecule has 0 N–H and O–H groups in total. The summed E-state index contributed by atoms with van der Waals surface area (Å²) in [7, 11) is 1.71. The van der Waals surface area contributed by atoms with Gasteiger partial charge in [0.15, 0.2) is 0 Å². The molecule has 7 nitrogen and oxygen atoms in total. The predicted molar refractivity (Wildman–Crippen MR) is 140 cm³/mol. The standard InChI is InChI=1S/C28H50O7/c1-26(2)27-10-12-28(13-11-27)35-25-9-24-34-23-8-22-33-21-7-20-32-19-6-18-31-17-5-16-30-15-4-14-29-3/h10-13,26H,4-9,14-25H2,1-3H3. The van der Waals surface area contributed by atoms with E-state index >= 15 is 0 Å². The van der Waals surface area contributed by atoms with E-state index < -0.39 is 0 Å². The summed E-state index contributed by atoms with van der Waals surface area (Å²) in [6.07, 6.45) is 5.50. The molecule has 0 amide bonds. The van der Waals surface area contributed by atoms with Gasteiger partial charge in [0, 0.05) is 86.2 Å². The second kappa shape index (κ2) is 24.5. The molecule has 0 aliphatic rings. The molecule has 0 heterocycles. The van der Waals surface area contributed by atoms with E-state index in [-0.39, 0.29) is 0 Å². The molecule has 0 radical (unpaired) electrons. The maximum Gasteiger partial charge on any atom is 0.119 e. The summed E-state index contributed by atoms with van der Waals surface area (Å²) in [5.41, 5.74) is 1.33. The largest absolute Gasteiger partial charge is 0.494 e. The second-order valence-corrected chi connectivity index (χ2v) is 8.75. The highest BCUT2D eigenvalue weighted by Gasteiger charge is 2.00. The Morgan fingerprint density at radius 2 is 0.829 bits per heavy atom. The van der Waals surface area contributed by atoms with Gasteiger partial charge in [-0.25, -0.2) is 0 Å². The fourth-order valence-electron chi connectivity index (χ4n) is 3.17. The van der Waals surface area contributed by atoms with Crippen molar-refractivity contribution in [2.24, 2.45) is 0 Å². The first-order valence-corrected chi connectivity index (χ1v) is 13.3. The maximum absolute atomic E-state index is 5.76. The van der Waals surface area contributed by atoms with Crippen LogP contribution in [0.15, 0.2) is 24.3 Å². The summed E-state index contributed by atoms with van der Waals surface area (Å²) >= 11 is 0. The molecule has 7 heteroatoms. The van der Waals surface area contributed by atoms with Crippen LogP contribution in [0.1, 0.15) is 63.9 Å². The van der Waals surface area contributed by atoms with Gasteiger partial charge in [0.2, 0.25) is 0 Å². The first kappa shape index (κ1) is 31.8. The molecule has 0 saturated carbocycles. The summed E-state index contributed by atoms with van der Waals surface area (Å²) in [4.78, 5) is 0. The first-order chi connectivity index (χ1) is 17.2. The number of hydrogen-bond acceptors (Lipinski definition) is 7. The van der Waals surface area contributed by atoms with Gasteiger partial charge < -0.3 is 33.2 Å². The molecule has 1 aromatic carbocycles. The zero-order valence-electron chi connectivity index (χ0n) is 22.5. The van der Waals surface area contributed by atoms with Gasteiger partial charge >= 0.3 is 0 Å². The highest BCUT2D eigenvalue weighted by atomic mass is 16.5. The third-order valence-electron chi connectivity index (χ3n) is 5.20. The number of rotatable bonds is 26. The van der Waals surface area contributed by atoms with Gasteiger partial charge in [-0.05, 0) is 55.7 Å². The van der Waals surface area contributed by atoms with Crippen LogP contribution in [0.3, 0.4) is 0 Å². The molecule has 0 fully saturated rings. The highest BCUT2D eigenvalue weighted by molar-refractivity contribution is 5.28. The van der Waals surface area contributed by atoms with Crippen molar-refractivity contribution in [2.45, 2.75) is 58.3 Å². The fourth-order valence-corrected chi connectivity index (χ4v) is 3.17. The highest BCUT2D eigenvalue weighted by Crippen LogP contribution is 2.18. The predicted octanol–water partition coefficient (Wildman–Crippen LogP) is 5.26. The Labute approximate surface area is 213 Å². The van der Waals surface area contributed by atoms with Gasteiger partial charge in [0.1, 0.15) is 5.75 Å². The number of ether oxygens (including phenoxy) is 7. The van der Waals surface area contributed by atoms with Crippen LogP contribution in [-0.2, 0) is 28.4 Å². The van der Waals surface area contributed by atoms with Crippen LogP contribution in [0.4, 0.5) is 0 Å². The Hall–Kier alpha value is -1.22. The first-order valence-electron chi connectivity index (χ1n) is 13.3. The second-order valence-electron chi connectivity index (χ2n) is 8.75. The van der Waals surface area contributed by atoms with Crippen molar-refractivity contribution >= 4 is 0 Å². The van der Waals surface area contributed by atoms with Crippen molar-refractivity contribution in [1.82, 2.24) is 0 Å². The molecular weight excluding hydrogens is 448 g/mol. The lowest BCUT2D eigenvalue weighted by Crippen LogP contribution is -2.08. The molecule has 0 atom stereocenters. The van der Waals surface area contributed by atoms with Gasteiger partial charge in [-0.3, -0.25) is 0 Å². The lowest BCUT2D eigenvalue weighted by molar-refractivity contribution is 0.0468. The molecule has 35 heavy (non-hydrogen) atoms. The smallest absolute Gasteiger partial charge is 0.119 e. The average Bonchev–Trinajstić information content (AvgIpc) is 2.87. The summed E-state index contributed by atoms with van der Waals surface area (Å²) in [6.45, 7) is 13.1. The van der Waals surface area contributed by atoms with Crippen LogP contribution in [0, 0.1) is 0 Å². The minimum atomic E-state index is 0.545. The van der Waals surface area contributed by atoms with Crippen LogP contribution in [-0.4, -0.2) is 86.4 Å². The lowest BCUT2D eigenvalue weighted by Gasteiger charge is -2.09. The molecule has 0 unspecified atom stereocenters. The van der Waals surface area contributed by atoms with Crippen molar-refractivity contribution in [3.63, 3.8) is 0 Å². The van der Waals surface area contributed by atoms with Gasteiger partial charge in [-0.2, -0.15) is 0 Å². The van der Waals surface area contributed by atoms with Crippen LogP contribution in [0.2, 0.25) is 0 Å². The average molecular weight is 499 g/mol. The lowest BCUT2D eigenvalue weighted by atomic mass is 10.0. The monoisotopic (exact) mass is 498 g/mol. The van der Waals surface area contributed by atoms with E-state index in [2.05, 4.69) is 26.0 Å². The molecule has 204 valence electrons. The number of hydrogen-bond donors (Lipinski definition) is 0. The van der Waals surface area contributed by atoms with E-state index in [1.807, 2.05) is 12.1 Å². The summed E-state index contributed by atoms with van der Waals surface area (Å²) in [5.74, 6) is 1.47. The van der Waals surface area contributed by atoms with Crippen molar-refractivity contribution in [3.8, 4) is 5.75 Å². The van der Waals surface area contributed by atoms with E-state index in [4.69, 9.17) is 33.2 Å². The summed E-state index contributed by atoms with van der Waals surface area (Å²) < 4.78 is 38.7. The van der Waals surface area contributed by atoms with E-state index in [9.17, 15) is 0 Å². The Kier molecular flexibility index (Phi) is 22.2. The van der Waals surface area contributed by atoms with Gasteiger partial charge in [-0.15, -0.1) is 0 Å². The van der Waals surface area contributed by atoms with Crippen molar-refractivity contribution in [3.05, 3.63) is 29.8 Å². The molecule has 0 spiro atoms. The quantitative estimate of drug-likeness (QED) is 0.161. The molecule has 0 bridgehead atoms. The van der Waals surface area contributed by atoms with Crippen LogP contribution in [0.5, 0.6) is 5.75 Å². The number of benzene rings is 1. The van der Waals surface area contributed by atoms with Crippen LogP contribution < -0.4 is 4.74 Å². The summed E-state index contributed by atoms with van der Waals surface area (Å²) in [5, 5.41) is 0. The van der Waals surface area contributed by atoms with Crippen LogP contribution >= 0.6 is 0 Å².